The predicted octanol–water partition coefficient (Wildman–Crippen LogP) is 0.171. The smallest absolute Gasteiger partial charge is 0.339 e. The number of hydrogen-bond donors (Lipinski definition) is 1. The molecule has 1 aliphatic heterocycles. The summed E-state index contributed by atoms with van der Waals surface area (Å²) in [6.45, 7) is 1.74. The lowest BCUT2D eigenvalue weighted by Gasteiger charge is -2.32. The van der Waals surface area contributed by atoms with Crippen LogP contribution in [0, 0.1) is 0 Å². The number of rotatable bonds is 3. The molecule has 0 bridgehead atoms. The highest BCUT2D eigenvalue weighted by atomic mass is 16.5. The minimum Gasteiger partial charge on any atom is -0.467 e. The van der Waals surface area contributed by atoms with Gasteiger partial charge in [-0.2, -0.15) is 0 Å². The Hall–Kier alpha value is -1.92. The second-order valence-corrected chi connectivity index (χ2v) is 4.80. The Morgan fingerprint density at radius 1 is 1.40 bits per heavy atom. The number of hydrogen-bond acceptors (Lipinski definition) is 5. The summed E-state index contributed by atoms with van der Waals surface area (Å²) in [5, 5.41) is 9.83. The molecule has 0 radical (unpaired) electrons. The summed E-state index contributed by atoms with van der Waals surface area (Å²) in [7, 11) is 3.12. The number of ether oxygens (including phenoxy) is 1. The van der Waals surface area contributed by atoms with Crippen LogP contribution in [0.25, 0.3) is 0 Å². The highest BCUT2D eigenvalue weighted by Gasteiger charge is 2.24. The van der Waals surface area contributed by atoms with Crippen LogP contribution in [0.4, 0.5) is 5.69 Å². The molecule has 0 saturated carbocycles. The van der Waals surface area contributed by atoms with E-state index in [1.165, 1.54) is 7.11 Å². The Morgan fingerprint density at radius 3 is 2.80 bits per heavy atom. The second kappa shape index (κ2) is 6.02. The van der Waals surface area contributed by atoms with Crippen molar-refractivity contribution in [1.82, 2.24) is 4.90 Å². The first-order chi connectivity index (χ1) is 9.52. The molecule has 1 saturated heterocycles. The summed E-state index contributed by atoms with van der Waals surface area (Å²) >= 11 is 0. The fraction of sp³-hybridized carbons (Fsp3) is 0.429. The molecule has 1 fully saturated rings. The molecule has 1 aromatic carbocycles. The van der Waals surface area contributed by atoms with Crippen molar-refractivity contribution in [2.24, 2.45) is 0 Å². The van der Waals surface area contributed by atoms with Crippen LogP contribution in [0.5, 0.6) is 0 Å². The number of carbonyl (C=O) groups is 2. The average Bonchev–Trinajstić information content (AvgIpc) is 2.45. The zero-order chi connectivity index (χ0) is 14.7. The molecule has 2 rings (SSSR count). The van der Waals surface area contributed by atoms with Gasteiger partial charge in [0.15, 0.2) is 6.10 Å². The van der Waals surface area contributed by atoms with Crippen LogP contribution in [-0.2, 0) is 14.3 Å². The van der Waals surface area contributed by atoms with Crippen LogP contribution < -0.4 is 4.90 Å². The van der Waals surface area contributed by atoms with Crippen molar-refractivity contribution in [3.05, 3.63) is 29.8 Å². The van der Waals surface area contributed by atoms with E-state index in [4.69, 9.17) is 0 Å². The van der Waals surface area contributed by atoms with E-state index in [1.54, 1.807) is 29.2 Å². The normalized spacial score (nSPS) is 17.9. The predicted molar refractivity (Wildman–Crippen MR) is 73.3 cm³/mol. The summed E-state index contributed by atoms with van der Waals surface area (Å²) < 4.78 is 4.51. The zero-order valence-electron chi connectivity index (χ0n) is 11.6. The first-order valence-electron chi connectivity index (χ1n) is 6.37. The number of piperazine rings is 1. The number of carbonyl (C=O) groups excluding carboxylic acids is 2. The van der Waals surface area contributed by atoms with Crippen molar-refractivity contribution in [1.29, 1.82) is 0 Å². The van der Waals surface area contributed by atoms with Crippen LogP contribution in [0.3, 0.4) is 0 Å². The molecule has 1 amide bonds. The molecule has 1 unspecified atom stereocenters. The van der Waals surface area contributed by atoms with E-state index in [-0.39, 0.29) is 5.91 Å². The van der Waals surface area contributed by atoms with Gasteiger partial charge in [-0.1, -0.05) is 12.1 Å². The largest absolute Gasteiger partial charge is 0.467 e. The maximum Gasteiger partial charge on any atom is 0.339 e. The summed E-state index contributed by atoms with van der Waals surface area (Å²) in [6, 6.07) is 6.77. The Labute approximate surface area is 117 Å². The van der Waals surface area contributed by atoms with Crippen molar-refractivity contribution < 1.29 is 19.4 Å². The average molecular weight is 278 g/mol. The number of esters is 1. The molecule has 0 spiro atoms. The third-order valence-corrected chi connectivity index (χ3v) is 3.33. The minimum atomic E-state index is -1.33. The molecular weight excluding hydrogens is 260 g/mol. The highest BCUT2D eigenvalue weighted by molar-refractivity contribution is 5.95. The van der Waals surface area contributed by atoms with E-state index in [1.807, 2.05) is 11.9 Å². The van der Waals surface area contributed by atoms with E-state index in [2.05, 4.69) is 4.74 Å². The van der Waals surface area contributed by atoms with Gasteiger partial charge in [0.05, 0.1) is 13.7 Å². The van der Waals surface area contributed by atoms with Gasteiger partial charge in [0.1, 0.15) is 0 Å². The molecule has 1 N–H and O–H groups in total. The first kappa shape index (κ1) is 14.5. The van der Waals surface area contributed by atoms with Gasteiger partial charge >= 0.3 is 5.97 Å². The number of amides is 1. The van der Waals surface area contributed by atoms with Gasteiger partial charge in [0.25, 0.3) is 0 Å². The molecule has 6 heteroatoms. The molecule has 6 nitrogen and oxygen atoms in total. The van der Waals surface area contributed by atoms with Gasteiger partial charge in [-0.05, 0) is 24.7 Å². The van der Waals surface area contributed by atoms with Crippen molar-refractivity contribution in [2.75, 3.05) is 38.7 Å². The molecule has 20 heavy (non-hydrogen) atoms. The van der Waals surface area contributed by atoms with Gasteiger partial charge in [-0.15, -0.1) is 0 Å². The molecule has 0 aromatic heterocycles. The van der Waals surface area contributed by atoms with Gasteiger partial charge in [-0.3, -0.25) is 9.69 Å². The number of likely N-dealkylation sites (N-methyl/N-ethyl adjacent to an activating group) is 1. The Morgan fingerprint density at radius 2 is 2.15 bits per heavy atom. The number of nitrogens with zero attached hydrogens (tertiary/aromatic N) is 2. The monoisotopic (exact) mass is 278 g/mol. The Bertz CT molecular complexity index is 518. The third kappa shape index (κ3) is 2.97. The Balaban J connectivity index is 2.21. The number of methoxy groups -OCH3 is 1. The lowest BCUT2D eigenvalue weighted by atomic mass is 10.1. The molecular formula is C14H18N2O4. The summed E-state index contributed by atoms with van der Waals surface area (Å²) in [4.78, 5) is 27.0. The maximum atomic E-state index is 12.0. The standard InChI is InChI=1S/C14H18N2O4/c1-15-6-7-16(12(17)9-15)11-5-3-4-10(8-11)13(18)14(19)20-2/h3-5,8,13,18H,6-7,9H2,1-2H3. The van der Waals surface area contributed by atoms with Crippen molar-refractivity contribution in [3.8, 4) is 0 Å². The molecule has 1 aromatic rings. The van der Waals surface area contributed by atoms with E-state index in [0.29, 0.717) is 24.3 Å². The van der Waals surface area contributed by atoms with E-state index < -0.39 is 12.1 Å². The number of benzene rings is 1. The fourth-order valence-electron chi connectivity index (χ4n) is 2.17. The third-order valence-electron chi connectivity index (χ3n) is 3.33. The van der Waals surface area contributed by atoms with Crippen LogP contribution >= 0.6 is 0 Å². The van der Waals surface area contributed by atoms with Crippen molar-refractivity contribution in [2.45, 2.75) is 6.10 Å². The molecule has 1 heterocycles. The lowest BCUT2D eigenvalue weighted by Crippen LogP contribution is -2.48. The van der Waals surface area contributed by atoms with Crippen LogP contribution in [0.1, 0.15) is 11.7 Å². The van der Waals surface area contributed by atoms with Crippen LogP contribution in [0.2, 0.25) is 0 Å². The van der Waals surface area contributed by atoms with Gasteiger partial charge < -0.3 is 14.7 Å². The number of aliphatic hydroxyl groups excluding tert-OH is 1. The lowest BCUT2D eigenvalue weighted by molar-refractivity contribution is -0.150. The molecule has 108 valence electrons. The molecule has 1 aliphatic rings. The van der Waals surface area contributed by atoms with Gasteiger partial charge in [-0.25, -0.2) is 4.79 Å². The highest BCUT2D eigenvalue weighted by Crippen LogP contribution is 2.23. The van der Waals surface area contributed by atoms with Gasteiger partial charge in [0, 0.05) is 18.8 Å². The van der Waals surface area contributed by atoms with E-state index in [0.717, 1.165) is 6.54 Å². The number of anilines is 1. The summed E-state index contributed by atoms with van der Waals surface area (Å²) in [5.41, 5.74) is 1.10. The topological polar surface area (TPSA) is 70.1 Å². The second-order valence-electron chi connectivity index (χ2n) is 4.80. The van der Waals surface area contributed by atoms with E-state index in [9.17, 15) is 14.7 Å². The number of aliphatic hydroxyl groups is 1. The minimum absolute atomic E-state index is 0.00320. The van der Waals surface area contributed by atoms with Crippen LogP contribution in [0.15, 0.2) is 24.3 Å². The van der Waals surface area contributed by atoms with Crippen molar-refractivity contribution >= 4 is 17.6 Å². The van der Waals surface area contributed by atoms with Crippen molar-refractivity contribution in [3.63, 3.8) is 0 Å². The molecule has 0 aliphatic carbocycles. The Kier molecular flexibility index (Phi) is 4.36. The molecule has 1 atom stereocenters. The zero-order valence-corrected chi connectivity index (χ0v) is 11.6. The maximum absolute atomic E-state index is 12.0. The van der Waals surface area contributed by atoms with Gasteiger partial charge in [0.2, 0.25) is 5.91 Å². The quantitative estimate of drug-likeness (QED) is 0.798. The summed E-state index contributed by atoms with van der Waals surface area (Å²) in [6.07, 6.45) is -1.33. The first-order valence-corrected chi connectivity index (χ1v) is 6.37. The fourth-order valence-corrected chi connectivity index (χ4v) is 2.17. The SMILES string of the molecule is COC(=O)C(O)c1cccc(N2CCN(C)CC2=O)c1. The summed E-state index contributed by atoms with van der Waals surface area (Å²) in [5.74, 6) is -0.713. The van der Waals surface area contributed by atoms with Crippen LogP contribution in [-0.4, -0.2) is 55.7 Å². The van der Waals surface area contributed by atoms with E-state index >= 15 is 0 Å².